The molecule has 3 saturated carbocycles. The van der Waals surface area contributed by atoms with E-state index in [0.29, 0.717) is 62.3 Å². The van der Waals surface area contributed by atoms with Crippen molar-refractivity contribution in [2.75, 3.05) is 78.8 Å². The summed E-state index contributed by atoms with van der Waals surface area (Å²) in [5.41, 5.74) is 4.78. The summed E-state index contributed by atoms with van der Waals surface area (Å²) in [6, 6.07) is 1.32. The maximum atomic E-state index is 12.8. The van der Waals surface area contributed by atoms with E-state index in [1.807, 2.05) is 0 Å². The molecule has 2 unspecified atom stereocenters. The lowest BCUT2D eigenvalue weighted by Crippen LogP contribution is -2.42. The molecule has 0 heterocycles. The average molecular weight is 1120 g/mol. The molecule has 0 spiro atoms. The van der Waals surface area contributed by atoms with Crippen LogP contribution in [0.25, 0.3) is 0 Å². The van der Waals surface area contributed by atoms with Gasteiger partial charge in [-0.1, -0.05) is 195 Å². The number of nitrogens with one attached hydrogen (secondary N) is 1. The molecule has 0 aromatic heterocycles. The van der Waals surface area contributed by atoms with E-state index in [1.165, 1.54) is 205 Å². The van der Waals surface area contributed by atoms with Crippen LogP contribution in [0.2, 0.25) is 0 Å². The molecular weight excluding hydrogens is 989 g/mol. The van der Waals surface area contributed by atoms with Gasteiger partial charge in [0.2, 0.25) is 0 Å². The number of ketones is 1. The van der Waals surface area contributed by atoms with Gasteiger partial charge in [-0.25, -0.2) is 0 Å². The minimum Gasteiger partial charge on any atom is -0.465 e. The predicted octanol–water partition coefficient (Wildman–Crippen LogP) is 15.0. The number of carbonyl (C=O) groups is 3. The van der Waals surface area contributed by atoms with Crippen molar-refractivity contribution in [1.29, 1.82) is 0 Å². The third-order valence-corrected chi connectivity index (χ3v) is 16.7. The lowest BCUT2D eigenvalue weighted by molar-refractivity contribution is -0.146. The second-order valence-corrected chi connectivity index (χ2v) is 24.0. The van der Waals surface area contributed by atoms with E-state index in [0.717, 1.165) is 103 Å². The molecule has 0 bridgehead atoms. The Balaban J connectivity index is 0.00000266. The van der Waals surface area contributed by atoms with Gasteiger partial charge >= 0.3 is 11.9 Å². The minimum absolute atomic E-state index is 0.0107. The SMILES string of the molecule is CCCCCCCCC(CCCCCC)COC(=O)CCCCCN(CCCCCC(=O)OCC(CCCCCC)CCCCCCCC)CCN(CCO)C1CCCC1.NCCO.O=C1CCCC1.OCCNC1CCCC1. The van der Waals surface area contributed by atoms with Crippen LogP contribution >= 0.6 is 0 Å². The minimum atomic E-state index is -0.0107. The summed E-state index contributed by atoms with van der Waals surface area (Å²) in [6.07, 6.45) is 52.3. The second kappa shape index (κ2) is 60.9. The zero-order chi connectivity index (χ0) is 57.9. The summed E-state index contributed by atoms with van der Waals surface area (Å²) >= 11 is 0. The van der Waals surface area contributed by atoms with E-state index in [2.05, 4.69) is 42.8 Å². The van der Waals surface area contributed by atoms with E-state index in [1.54, 1.807) is 0 Å². The molecule has 3 rings (SSSR count). The summed E-state index contributed by atoms with van der Waals surface area (Å²) in [4.78, 5) is 41.0. The van der Waals surface area contributed by atoms with Crippen molar-refractivity contribution < 1.29 is 39.2 Å². The first-order chi connectivity index (χ1) is 38.7. The van der Waals surface area contributed by atoms with Crippen LogP contribution in [0, 0.1) is 11.8 Å². The first kappa shape index (κ1) is 77.3. The second-order valence-electron chi connectivity index (χ2n) is 24.0. The highest BCUT2D eigenvalue weighted by atomic mass is 16.5. The fraction of sp³-hybridized carbons (Fsp3) is 0.955. The smallest absolute Gasteiger partial charge is 0.305 e. The van der Waals surface area contributed by atoms with E-state index < -0.39 is 0 Å². The number of esters is 2. The van der Waals surface area contributed by atoms with Crippen molar-refractivity contribution in [1.82, 2.24) is 15.1 Å². The molecule has 2 atom stereocenters. The van der Waals surface area contributed by atoms with Crippen molar-refractivity contribution in [2.24, 2.45) is 17.6 Å². The van der Waals surface area contributed by atoms with Gasteiger partial charge < -0.3 is 40.7 Å². The summed E-state index contributed by atoms with van der Waals surface area (Å²) in [7, 11) is 0. The molecule has 0 saturated heterocycles. The first-order valence-corrected chi connectivity index (χ1v) is 34.3. The number of hydrogen-bond donors (Lipinski definition) is 5. The van der Waals surface area contributed by atoms with Crippen LogP contribution in [0.1, 0.15) is 310 Å². The summed E-state index contributed by atoms with van der Waals surface area (Å²) < 4.78 is 11.8. The highest BCUT2D eigenvalue weighted by Gasteiger charge is 2.23. The zero-order valence-corrected chi connectivity index (χ0v) is 52.8. The summed E-state index contributed by atoms with van der Waals surface area (Å²) in [5, 5.41) is 29.3. The van der Waals surface area contributed by atoms with Gasteiger partial charge in [0, 0.05) is 70.5 Å². The van der Waals surface area contributed by atoms with Gasteiger partial charge in [-0.15, -0.1) is 0 Å². The van der Waals surface area contributed by atoms with Gasteiger partial charge in [0.15, 0.2) is 0 Å². The van der Waals surface area contributed by atoms with Crippen molar-refractivity contribution >= 4 is 17.7 Å². The first-order valence-electron chi connectivity index (χ1n) is 34.3. The Morgan fingerprint density at radius 2 is 0.886 bits per heavy atom. The third-order valence-electron chi connectivity index (χ3n) is 16.7. The van der Waals surface area contributed by atoms with E-state index >= 15 is 0 Å². The fourth-order valence-corrected chi connectivity index (χ4v) is 11.5. The number of aliphatic hydroxyl groups is 3. The Morgan fingerprint density at radius 1 is 0.494 bits per heavy atom. The monoisotopic (exact) mass is 1120 g/mol. The number of aliphatic hydroxyl groups excluding tert-OH is 3. The molecule has 0 aromatic rings. The molecule has 0 radical (unpaired) electrons. The molecule has 0 aliphatic heterocycles. The molecular formula is C67H134N4O8. The van der Waals surface area contributed by atoms with Crippen molar-refractivity contribution in [2.45, 2.75) is 322 Å². The molecule has 3 aliphatic rings. The van der Waals surface area contributed by atoms with Crippen molar-refractivity contribution in [3.63, 3.8) is 0 Å². The molecule has 6 N–H and O–H groups in total. The average Bonchev–Trinajstić information content (AvgIpc) is 4.30. The quantitative estimate of drug-likeness (QED) is 0.0288. The largest absolute Gasteiger partial charge is 0.465 e. The third kappa shape index (κ3) is 51.7. The molecule has 0 amide bonds. The number of unbranched alkanes of at least 4 members (excludes halogenated alkanes) is 20. The molecule has 12 nitrogen and oxygen atoms in total. The fourth-order valence-electron chi connectivity index (χ4n) is 11.5. The Labute approximate surface area is 488 Å². The summed E-state index contributed by atoms with van der Waals surface area (Å²) in [5.74, 6) is 1.47. The lowest BCUT2D eigenvalue weighted by Gasteiger charge is -2.31. The number of carbonyl (C=O) groups excluding carboxylic acids is 3. The Kier molecular flexibility index (Phi) is 59.6. The van der Waals surface area contributed by atoms with E-state index in [-0.39, 0.29) is 31.8 Å². The number of Topliss-reactive ketones (excluding diaryl/α,β-unsaturated/α-hetero) is 1. The number of nitrogens with two attached hydrogens (primary N) is 1. The molecule has 0 aromatic carbocycles. The zero-order valence-electron chi connectivity index (χ0n) is 52.8. The highest BCUT2D eigenvalue weighted by Crippen LogP contribution is 2.25. The molecule has 12 heteroatoms. The van der Waals surface area contributed by atoms with Gasteiger partial charge in [0.25, 0.3) is 0 Å². The molecule has 79 heavy (non-hydrogen) atoms. The topological polar surface area (TPSA) is 175 Å². The van der Waals surface area contributed by atoms with Gasteiger partial charge in [-0.05, 0) is 115 Å². The standard InChI is InChI=1S/C53H104N2O5.C7H15NO.C5H8O.C2H7NO/c1-5-9-13-17-19-25-35-49(33-23-15-11-7-3)47-59-52(57)39-27-21-31-41-54(43-44-55(45-46-56)51-37-29-30-38-51)42-32-22-28-40-53(58)60-48-50(34-24-16-12-8-4)36-26-20-18-14-10-6-2;9-6-5-8-7-3-1-2-4-7;6-5-3-1-2-4-5;3-1-2-4/h49-51,56H,5-48H2,1-4H3;7-9H,1-6H2;1-4H2;4H,1-3H2. The predicted molar refractivity (Wildman–Crippen MR) is 334 cm³/mol. The normalized spacial score (nSPS) is 15.4. The van der Waals surface area contributed by atoms with Gasteiger partial charge in [0.1, 0.15) is 5.78 Å². The maximum absolute atomic E-state index is 12.8. The van der Waals surface area contributed by atoms with Gasteiger partial charge in [-0.2, -0.15) is 0 Å². The number of nitrogens with zero attached hydrogens (tertiary/aromatic N) is 2. The van der Waals surface area contributed by atoms with Gasteiger partial charge in [-0.3, -0.25) is 19.3 Å². The molecule has 3 aliphatic carbocycles. The molecule has 3 fully saturated rings. The Morgan fingerprint density at radius 3 is 1.27 bits per heavy atom. The van der Waals surface area contributed by atoms with Crippen LogP contribution in [0.5, 0.6) is 0 Å². The van der Waals surface area contributed by atoms with Gasteiger partial charge in [0.05, 0.1) is 33.0 Å². The lowest BCUT2D eigenvalue weighted by atomic mass is 9.95. The van der Waals surface area contributed by atoms with Crippen LogP contribution in [-0.4, -0.2) is 134 Å². The molecule has 470 valence electrons. The maximum Gasteiger partial charge on any atom is 0.305 e. The Hall–Kier alpha value is -1.67. The van der Waals surface area contributed by atoms with Crippen LogP contribution in [0.15, 0.2) is 0 Å². The van der Waals surface area contributed by atoms with E-state index in [4.69, 9.17) is 25.4 Å². The van der Waals surface area contributed by atoms with Crippen LogP contribution in [-0.2, 0) is 23.9 Å². The highest BCUT2D eigenvalue weighted by molar-refractivity contribution is 5.80. The summed E-state index contributed by atoms with van der Waals surface area (Å²) in [6.45, 7) is 16.9. The Bertz CT molecular complexity index is 1220. The van der Waals surface area contributed by atoms with Crippen LogP contribution in [0.4, 0.5) is 0 Å². The van der Waals surface area contributed by atoms with Crippen LogP contribution < -0.4 is 11.1 Å². The van der Waals surface area contributed by atoms with Crippen molar-refractivity contribution in [3.8, 4) is 0 Å². The van der Waals surface area contributed by atoms with Crippen LogP contribution in [0.3, 0.4) is 0 Å². The number of rotatable bonds is 50. The van der Waals surface area contributed by atoms with E-state index in [9.17, 15) is 19.5 Å². The number of ether oxygens (including phenoxy) is 2. The number of hydrogen-bond acceptors (Lipinski definition) is 12. The van der Waals surface area contributed by atoms with Crippen molar-refractivity contribution in [3.05, 3.63) is 0 Å².